The van der Waals surface area contributed by atoms with E-state index in [1.54, 1.807) is 0 Å². The van der Waals surface area contributed by atoms with Gasteiger partial charge in [0.1, 0.15) is 5.75 Å². The largest absolute Gasteiger partial charge is 0.491 e. The van der Waals surface area contributed by atoms with Crippen LogP contribution >= 0.6 is 0 Å². The van der Waals surface area contributed by atoms with Crippen molar-refractivity contribution >= 4 is 0 Å². The zero-order valence-electron chi connectivity index (χ0n) is 13.4. The second-order valence-electron chi connectivity index (χ2n) is 6.04. The third-order valence-electron chi connectivity index (χ3n) is 4.14. The molecule has 2 rings (SSSR count). The van der Waals surface area contributed by atoms with Gasteiger partial charge in [-0.3, -0.25) is 0 Å². The van der Waals surface area contributed by atoms with Gasteiger partial charge in [-0.15, -0.1) is 0 Å². The van der Waals surface area contributed by atoms with Crippen LogP contribution in [0.4, 0.5) is 0 Å². The highest BCUT2D eigenvalue weighted by atomic mass is 16.5. The van der Waals surface area contributed by atoms with Crippen molar-refractivity contribution in [3.05, 3.63) is 29.8 Å². The minimum Gasteiger partial charge on any atom is -0.491 e. The van der Waals surface area contributed by atoms with E-state index in [1.807, 2.05) is 0 Å². The molecule has 2 N–H and O–H groups in total. The molecule has 0 radical (unpaired) electrons. The number of ether oxygens (including phenoxy) is 1. The Labute approximate surface area is 128 Å². The van der Waals surface area contributed by atoms with Crippen LogP contribution < -0.4 is 10.5 Å². The van der Waals surface area contributed by atoms with E-state index in [9.17, 15) is 0 Å². The Hall–Kier alpha value is -1.10. The lowest BCUT2D eigenvalue weighted by Gasteiger charge is -2.32. The summed E-state index contributed by atoms with van der Waals surface area (Å²) in [6, 6.07) is 8.32. The van der Waals surface area contributed by atoms with Crippen LogP contribution in [-0.2, 0) is 6.42 Å². The molecule has 1 heterocycles. The average Bonchev–Trinajstić information content (AvgIpc) is 2.49. The summed E-state index contributed by atoms with van der Waals surface area (Å²) < 4.78 is 5.99. The predicted octanol–water partition coefficient (Wildman–Crippen LogP) is 1.59. The number of hydrogen-bond donors (Lipinski definition) is 1. The molecular formula is C17H29N3O. The molecule has 118 valence electrons. The van der Waals surface area contributed by atoms with Gasteiger partial charge in [-0.1, -0.05) is 12.1 Å². The normalized spacial score (nSPS) is 18.6. The number of likely N-dealkylation sites (N-methyl/N-ethyl adjacent to an activating group) is 1. The molecule has 0 aliphatic carbocycles. The molecule has 1 aromatic rings. The molecule has 1 atom stereocenters. The molecule has 4 heteroatoms. The SMILES string of the molecule is CC(CCN1CCN(C)CC1)Oc1ccc(CCN)cc1. The van der Waals surface area contributed by atoms with Gasteiger partial charge < -0.3 is 20.3 Å². The molecule has 21 heavy (non-hydrogen) atoms. The summed E-state index contributed by atoms with van der Waals surface area (Å²) in [4.78, 5) is 4.92. The average molecular weight is 291 g/mol. The summed E-state index contributed by atoms with van der Waals surface area (Å²) in [6.07, 6.45) is 2.26. The standard InChI is InChI=1S/C17H29N3O/c1-15(8-10-20-13-11-19(2)12-14-20)21-17-5-3-16(4-6-17)7-9-18/h3-6,15H,7-14,18H2,1-2H3. The van der Waals surface area contributed by atoms with Gasteiger partial charge in [-0.05, 0) is 51.1 Å². The first-order valence-corrected chi connectivity index (χ1v) is 8.04. The molecule has 0 bridgehead atoms. The van der Waals surface area contributed by atoms with Crippen LogP contribution in [0.15, 0.2) is 24.3 Å². The quantitative estimate of drug-likeness (QED) is 0.828. The van der Waals surface area contributed by atoms with Crippen LogP contribution in [0.1, 0.15) is 18.9 Å². The monoisotopic (exact) mass is 291 g/mol. The number of benzene rings is 1. The number of nitrogens with zero attached hydrogens (tertiary/aromatic N) is 2. The summed E-state index contributed by atoms with van der Waals surface area (Å²) in [5.74, 6) is 0.960. The van der Waals surface area contributed by atoms with Gasteiger partial charge in [0.2, 0.25) is 0 Å². The van der Waals surface area contributed by atoms with E-state index < -0.39 is 0 Å². The molecule has 1 aliphatic heterocycles. The second kappa shape index (κ2) is 8.37. The molecule has 0 aromatic heterocycles. The van der Waals surface area contributed by atoms with Crippen molar-refractivity contribution in [3.8, 4) is 5.75 Å². The van der Waals surface area contributed by atoms with Crippen LogP contribution in [0.2, 0.25) is 0 Å². The molecule has 1 fully saturated rings. The Kier molecular flexibility index (Phi) is 6.49. The maximum absolute atomic E-state index is 5.99. The van der Waals surface area contributed by atoms with Crippen molar-refractivity contribution in [1.29, 1.82) is 0 Å². The van der Waals surface area contributed by atoms with E-state index >= 15 is 0 Å². The fourth-order valence-electron chi connectivity index (χ4n) is 2.63. The van der Waals surface area contributed by atoms with Crippen molar-refractivity contribution in [3.63, 3.8) is 0 Å². The molecule has 0 amide bonds. The van der Waals surface area contributed by atoms with Crippen LogP contribution in [0, 0.1) is 0 Å². The Morgan fingerprint density at radius 3 is 2.43 bits per heavy atom. The molecular weight excluding hydrogens is 262 g/mol. The number of rotatable bonds is 7. The predicted molar refractivity (Wildman–Crippen MR) is 87.8 cm³/mol. The summed E-state index contributed by atoms with van der Waals surface area (Å²) in [5, 5.41) is 0. The Balaban J connectivity index is 1.70. The summed E-state index contributed by atoms with van der Waals surface area (Å²) in [7, 11) is 2.19. The van der Waals surface area contributed by atoms with Crippen molar-refractivity contribution in [2.75, 3.05) is 46.3 Å². The molecule has 1 saturated heterocycles. The van der Waals surface area contributed by atoms with Gasteiger partial charge in [0.05, 0.1) is 6.10 Å². The topological polar surface area (TPSA) is 41.7 Å². The molecule has 0 spiro atoms. The van der Waals surface area contributed by atoms with Gasteiger partial charge in [-0.2, -0.15) is 0 Å². The van der Waals surface area contributed by atoms with E-state index in [4.69, 9.17) is 10.5 Å². The Morgan fingerprint density at radius 1 is 1.14 bits per heavy atom. The van der Waals surface area contributed by atoms with Gasteiger partial charge in [-0.25, -0.2) is 0 Å². The fraction of sp³-hybridized carbons (Fsp3) is 0.647. The van der Waals surface area contributed by atoms with E-state index in [-0.39, 0.29) is 6.10 Å². The lowest BCUT2D eigenvalue weighted by Crippen LogP contribution is -2.45. The third kappa shape index (κ3) is 5.65. The van der Waals surface area contributed by atoms with Crippen LogP contribution in [-0.4, -0.2) is 62.2 Å². The van der Waals surface area contributed by atoms with Gasteiger partial charge >= 0.3 is 0 Å². The van der Waals surface area contributed by atoms with E-state index in [0.29, 0.717) is 6.54 Å². The Morgan fingerprint density at radius 2 is 1.81 bits per heavy atom. The first-order chi connectivity index (χ1) is 10.2. The van der Waals surface area contributed by atoms with Crippen molar-refractivity contribution in [2.24, 2.45) is 5.73 Å². The van der Waals surface area contributed by atoms with Crippen molar-refractivity contribution in [2.45, 2.75) is 25.9 Å². The number of piperazine rings is 1. The zero-order chi connectivity index (χ0) is 15.1. The first-order valence-electron chi connectivity index (χ1n) is 8.04. The van der Waals surface area contributed by atoms with Crippen LogP contribution in [0.5, 0.6) is 5.75 Å². The highest BCUT2D eigenvalue weighted by Crippen LogP contribution is 2.15. The summed E-state index contributed by atoms with van der Waals surface area (Å²) in [6.45, 7) is 8.69. The number of nitrogens with two attached hydrogens (primary N) is 1. The fourth-order valence-corrected chi connectivity index (χ4v) is 2.63. The molecule has 4 nitrogen and oxygen atoms in total. The molecule has 1 aliphatic rings. The maximum atomic E-state index is 5.99. The molecule has 0 saturated carbocycles. The van der Waals surface area contributed by atoms with Gasteiger partial charge in [0, 0.05) is 32.7 Å². The smallest absolute Gasteiger partial charge is 0.119 e. The molecule has 1 unspecified atom stereocenters. The van der Waals surface area contributed by atoms with Gasteiger partial charge in [0.25, 0.3) is 0 Å². The Bertz CT molecular complexity index is 399. The van der Waals surface area contributed by atoms with Crippen molar-refractivity contribution < 1.29 is 4.74 Å². The van der Waals surface area contributed by atoms with Gasteiger partial charge in [0.15, 0.2) is 0 Å². The summed E-state index contributed by atoms with van der Waals surface area (Å²) >= 11 is 0. The van der Waals surface area contributed by atoms with E-state index in [0.717, 1.165) is 25.1 Å². The van der Waals surface area contributed by atoms with Crippen molar-refractivity contribution in [1.82, 2.24) is 9.80 Å². The minimum absolute atomic E-state index is 0.255. The highest BCUT2D eigenvalue weighted by molar-refractivity contribution is 5.27. The van der Waals surface area contributed by atoms with Crippen LogP contribution in [0.3, 0.4) is 0 Å². The highest BCUT2D eigenvalue weighted by Gasteiger charge is 2.14. The lowest BCUT2D eigenvalue weighted by molar-refractivity contribution is 0.129. The summed E-state index contributed by atoms with van der Waals surface area (Å²) in [5.41, 5.74) is 6.83. The van der Waals surface area contributed by atoms with E-state index in [1.165, 1.54) is 31.7 Å². The maximum Gasteiger partial charge on any atom is 0.119 e. The second-order valence-corrected chi connectivity index (χ2v) is 6.04. The van der Waals surface area contributed by atoms with Crippen LogP contribution in [0.25, 0.3) is 0 Å². The third-order valence-corrected chi connectivity index (χ3v) is 4.14. The molecule has 1 aromatic carbocycles. The zero-order valence-corrected chi connectivity index (χ0v) is 13.4. The number of hydrogen-bond acceptors (Lipinski definition) is 4. The lowest BCUT2D eigenvalue weighted by atomic mass is 10.1. The minimum atomic E-state index is 0.255. The van der Waals surface area contributed by atoms with E-state index in [2.05, 4.69) is 48.0 Å². The first kappa shape index (κ1) is 16.3.